The molecule has 2 atom stereocenters. The number of nitrogens with one attached hydrogen (secondary N) is 1. The highest BCUT2D eigenvalue weighted by Gasteiger charge is 2.31. The molecule has 0 fully saturated rings. The minimum atomic E-state index is -1.07. The number of benzene rings is 1. The molecule has 0 radical (unpaired) electrons. The van der Waals surface area contributed by atoms with Crippen molar-refractivity contribution in [1.82, 2.24) is 5.32 Å². The molecular weight excluding hydrogens is 184 g/mol. The number of phenolic OH excluding ortho intramolecular Hbond substituents is 1. The van der Waals surface area contributed by atoms with E-state index in [4.69, 9.17) is 5.73 Å². The first-order chi connectivity index (χ1) is 6.52. The largest absolute Gasteiger partial charge is 0.505 e. The highest BCUT2D eigenvalue weighted by Crippen LogP contribution is 2.41. The van der Waals surface area contributed by atoms with Gasteiger partial charge < -0.3 is 21.1 Å². The van der Waals surface area contributed by atoms with Gasteiger partial charge in [-0.25, -0.2) is 0 Å². The van der Waals surface area contributed by atoms with Crippen molar-refractivity contribution in [2.24, 2.45) is 0 Å². The van der Waals surface area contributed by atoms with E-state index < -0.39 is 12.5 Å². The number of phenols is 1. The number of aromatic hydroxyl groups is 1. The van der Waals surface area contributed by atoms with Crippen LogP contribution in [0, 0.1) is 6.92 Å². The van der Waals surface area contributed by atoms with Crippen LogP contribution in [0.5, 0.6) is 5.75 Å². The van der Waals surface area contributed by atoms with Gasteiger partial charge in [0.2, 0.25) is 0 Å². The third-order valence-corrected chi connectivity index (χ3v) is 2.50. The van der Waals surface area contributed by atoms with Gasteiger partial charge in [0, 0.05) is 11.1 Å². The summed E-state index contributed by atoms with van der Waals surface area (Å²) in [5.41, 5.74) is 7.24. The average Bonchev–Trinajstić information content (AvgIpc) is 2.38. The van der Waals surface area contributed by atoms with E-state index in [0.29, 0.717) is 11.1 Å². The Labute approximate surface area is 80.8 Å². The molecule has 1 aliphatic heterocycles. The number of aliphatic hydroxyl groups is 2. The molecule has 0 aliphatic carbocycles. The number of fused-ring (bicyclic) bond motifs is 1. The van der Waals surface area contributed by atoms with Gasteiger partial charge in [0.25, 0.3) is 0 Å². The zero-order chi connectivity index (χ0) is 10.5. The summed E-state index contributed by atoms with van der Waals surface area (Å²) >= 11 is 0. The fraction of sp³-hybridized carbons (Fsp3) is 0.333. The van der Waals surface area contributed by atoms with Crippen LogP contribution in [0.2, 0.25) is 0 Å². The van der Waals surface area contributed by atoms with E-state index in [1.165, 1.54) is 0 Å². The molecule has 76 valence electrons. The standard InChI is InChI=1S/C9H12N2O3/c1-3-2-4-5(7(12)6(3)10)9(14)11-8(4)13/h2,8-9,11-14H,10H2,1H3. The van der Waals surface area contributed by atoms with Crippen LogP contribution in [-0.4, -0.2) is 15.3 Å². The predicted molar refractivity (Wildman–Crippen MR) is 50.3 cm³/mol. The summed E-state index contributed by atoms with van der Waals surface area (Å²) in [5, 5.41) is 31.1. The second-order valence-corrected chi connectivity index (χ2v) is 3.43. The number of hydrogen-bond donors (Lipinski definition) is 5. The molecule has 0 saturated carbocycles. The molecule has 0 saturated heterocycles. The fourth-order valence-electron chi connectivity index (χ4n) is 1.69. The predicted octanol–water partition coefficient (Wildman–Crippen LogP) is -0.132. The van der Waals surface area contributed by atoms with E-state index in [-0.39, 0.29) is 17.0 Å². The van der Waals surface area contributed by atoms with Gasteiger partial charge in [-0.3, -0.25) is 5.32 Å². The van der Waals surface area contributed by atoms with Gasteiger partial charge in [-0.2, -0.15) is 0 Å². The van der Waals surface area contributed by atoms with Gasteiger partial charge in [-0.15, -0.1) is 0 Å². The van der Waals surface area contributed by atoms with Crippen LogP contribution in [-0.2, 0) is 0 Å². The molecule has 14 heavy (non-hydrogen) atoms. The highest BCUT2D eigenvalue weighted by molar-refractivity contribution is 5.65. The second kappa shape index (κ2) is 2.84. The number of nitrogens with two attached hydrogens (primary N) is 1. The number of aryl methyl sites for hydroxylation is 1. The van der Waals surface area contributed by atoms with Crippen LogP contribution in [0.3, 0.4) is 0 Å². The number of anilines is 1. The molecule has 0 spiro atoms. The van der Waals surface area contributed by atoms with E-state index in [9.17, 15) is 15.3 Å². The summed E-state index contributed by atoms with van der Waals surface area (Å²) in [5.74, 6) is -0.156. The molecule has 1 aromatic rings. The number of rotatable bonds is 0. The Kier molecular flexibility index (Phi) is 1.88. The van der Waals surface area contributed by atoms with E-state index in [1.54, 1.807) is 13.0 Å². The summed E-state index contributed by atoms with van der Waals surface area (Å²) < 4.78 is 0. The van der Waals surface area contributed by atoms with Crippen LogP contribution in [0.15, 0.2) is 6.07 Å². The first-order valence-electron chi connectivity index (χ1n) is 4.26. The van der Waals surface area contributed by atoms with Crippen molar-refractivity contribution in [2.75, 3.05) is 5.73 Å². The van der Waals surface area contributed by atoms with Crippen LogP contribution >= 0.6 is 0 Å². The van der Waals surface area contributed by atoms with Crippen molar-refractivity contribution < 1.29 is 15.3 Å². The Morgan fingerprint density at radius 3 is 2.64 bits per heavy atom. The van der Waals surface area contributed by atoms with Gasteiger partial charge >= 0.3 is 0 Å². The van der Waals surface area contributed by atoms with Crippen molar-refractivity contribution in [3.8, 4) is 5.75 Å². The molecule has 5 heteroatoms. The van der Waals surface area contributed by atoms with Crippen molar-refractivity contribution in [3.63, 3.8) is 0 Å². The molecule has 6 N–H and O–H groups in total. The Morgan fingerprint density at radius 2 is 2.00 bits per heavy atom. The van der Waals surface area contributed by atoms with Crippen LogP contribution in [0.4, 0.5) is 5.69 Å². The minimum Gasteiger partial charge on any atom is -0.505 e. The van der Waals surface area contributed by atoms with Crippen molar-refractivity contribution >= 4 is 5.69 Å². The van der Waals surface area contributed by atoms with Gasteiger partial charge in [-0.05, 0) is 18.6 Å². The summed E-state index contributed by atoms with van der Waals surface area (Å²) in [7, 11) is 0. The molecule has 0 bridgehead atoms. The zero-order valence-corrected chi connectivity index (χ0v) is 7.65. The molecule has 2 rings (SSSR count). The van der Waals surface area contributed by atoms with Crippen molar-refractivity contribution in [2.45, 2.75) is 19.4 Å². The lowest BCUT2D eigenvalue weighted by Crippen LogP contribution is -2.16. The zero-order valence-electron chi connectivity index (χ0n) is 7.65. The third kappa shape index (κ3) is 1.07. The Balaban J connectivity index is 2.70. The number of aliphatic hydroxyl groups excluding tert-OH is 2. The Hall–Kier alpha value is -1.30. The molecule has 2 unspecified atom stereocenters. The van der Waals surface area contributed by atoms with Gasteiger partial charge in [0.15, 0.2) is 0 Å². The maximum absolute atomic E-state index is 9.65. The van der Waals surface area contributed by atoms with E-state index in [1.807, 2.05) is 0 Å². The van der Waals surface area contributed by atoms with Crippen LogP contribution in [0.1, 0.15) is 29.1 Å². The fourth-order valence-corrected chi connectivity index (χ4v) is 1.69. The Bertz CT molecular complexity index is 392. The van der Waals surface area contributed by atoms with Crippen molar-refractivity contribution in [1.29, 1.82) is 0 Å². The second-order valence-electron chi connectivity index (χ2n) is 3.43. The molecule has 1 heterocycles. The quantitative estimate of drug-likeness (QED) is 0.294. The lowest BCUT2D eigenvalue weighted by Gasteiger charge is -2.10. The lowest BCUT2D eigenvalue weighted by molar-refractivity contribution is 0.0665. The molecule has 5 nitrogen and oxygen atoms in total. The average molecular weight is 196 g/mol. The molecule has 0 aromatic heterocycles. The van der Waals surface area contributed by atoms with Crippen LogP contribution < -0.4 is 11.1 Å². The van der Waals surface area contributed by atoms with Gasteiger partial charge in [0.05, 0.1) is 5.69 Å². The first-order valence-corrected chi connectivity index (χ1v) is 4.26. The van der Waals surface area contributed by atoms with E-state index in [2.05, 4.69) is 5.32 Å². The Morgan fingerprint density at radius 1 is 1.36 bits per heavy atom. The molecule has 1 aromatic carbocycles. The highest BCUT2D eigenvalue weighted by atomic mass is 16.3. The maximum Gasteiger partial charge on any atom is 0.146 e. The van der Waals surface area contributed by atoms with Crippen molar-refractivity contribution in [3.05, 3.63) is 22.8 Å². The smallest absolute Gasteiger partial charge is 0.146 e. The molecule has 0 amide bonds. The maximum atomic E-state index is 9.65. The van der Waals surface area contributed by atoms with Gasteiger partial charge in [0.1, 0.15) is 18.2 Å². The van der Waals surface area contributed by atoms with Gasteiger partial charge in [-0.1, -0.05) is 0 Å². The third-order valence-electron chi connectivity index (χ3n) is 2.50. The SMILES string of the molecule is Cc1cc2c(c(O)c1N)C(O)NC2O. The van der Waals surface area contributed by atoms with Crippen LogP contribution in [0.25, 0.3) is 0 Å². The number of nitrogen functional groups attached to an aromatic ring is 1. The summed E-state index contributed by atoms with van der Waals surface area (Å²) in [4.78, 5) is 0. The lowest BCUT2D eigenvalue weighted by atomic mass is 10.0. The molecular formula is C9H12N2O3. The van der Waals surface area contributed by atoms with E-state index >= 15 is 0 Å². The number of hydrogen-bond acceptors (Lipinski definition) is 5. The summed E-state index contributed by atoms with van der Waals surface area (Å²) in [6.45, 7) is 1.73. The summed E-state index contributed by atoms with van der Waals surface area (Å²) in [6.07, 6.45) is -2.02. The topological polar surface area (TPSA) is 98.7 Å². The molecule has 1 aliphatic rings. The first kappa shape index (κ1) is 9.26. The monoisotopic (exact) mass is 196 g/mol. The normalized spacial score (nSPS) is 25.1. The summed E-state index contributed by atoms with van der Waals surface area (Å²) in [6, 6.07) is 1.65. The minimum absolute atomic E-state index is 0.156. The van der Waals surface area contributed by atoms with E-state index in [0.717, 1.165) is 0 Å².